The normalized spacial score (nSPS) is 12.2. The Morgan fingerprint density at radius 3 is 2.44 bits per heavy atom. The molecule has 2 N–H and O–H groups in total. The number of fused-ring (bicyclic) bond motifs is 2. The SMILES string of the molecule is CCC(NC(=O)Cc1c(C)c2cc3c(-c4ccccc4)coc3c(C)c2oc1=O)C(=O)O. The van der Waals surface area contributed by atoms with E-state index in [0.29, 0.717) is 27.7 Å². The van der Waals surface area contributed by atoms with Gasteiger partial charge < -0.3 is 19.3 Å². The monoisotopic (exact) mass is 433 g/mol. The van der Waals surface area contributed by atoms with E-state index in [2.05, 4.69) is 5.32 Å². The van der Waals surface area contributed by atoms with Crippen molar-refractivity contribution in [3.05, 3.63) is 69.8 Å². The third-order valence-corrected chi connectivity index (χ3v) is 5.81. The molecule has 1 unspecified atom stereocenters. The number of carbonyl (C=O) groups excluding carboxylic acids is 1. The summed E-state index contributed by atoms with van der Waals surface area (Å²) in [6.45, 7) is 5.26. The lowest BCUT2D eigenvalue weighted by Gasteiger charge is -2.13. The molecule has 1 atom stereocenters. The van der Waals surface area contributed by atoms with Gasteiger partial charge in [-0.15, -0.1) is 0 Å². The molecule has 7 heteroatoms. The summed E-state index contributed by atoms with van der Waals surface area (Å²) in [4.78, 5) is 36.3. The minimum Gasteiger partial charge on any atom is -0.480 e. The zero-order chi connectivity index (χ0) is 23.0. The van der Waals surface area contributed by atoms with E-state index in [1.807, 2.05) is 43.3 Å². The lowest BCUT2D eigenvalue weighted by Crippen LogP contribution is -2.41. The van der Waals surface area contributed by atoms with E-state index >= 15 is 0 Å². The Kier molecular flexibility index (Phi) is 5.57. The Hall–Kier alpha value is -3.87. The van der Waals surface area contributed by atoms with E-state index in [0.717, 1.165) is 16.5 Å². The van der Waals surface area contributed by atoms with E-state index in [9.17, 15) is 14.4 Å². The van der Waals surface area contributed by atoms with Crippen molar-refractivity contribution < 1.29 is 23.5 Å². The predicted octanol–water partition coefficient (Wildman–Crippen LogP) is 4.34. The van der Waals surface area contributed by atoms with Gasteiger partial charge in [0, 0.05) is 21.9 Å². The summed E-state index contributed by atoms with van der Waals surface area (Å²) in [6, 6.07) is 10.7. The van der Waals surface area contributed by atoms with Crippen LogP contribution in [0.5, 0.6) is 0 Å². The topological polar surface area (TPSA) is 110 Å². The third-order valence-electron chi connectivity index (χ3n) is 5.81. The van der Waals surface area contributed by atoms with Gasteiger partial charge >= 0.3 is 11.6 Å². The quantitative estimate of drug-likeness (QED) is 0.438. The molecule has 2 aromatic carbocycles. The molecule has 0 aliphatic rings. The van der Waals surface area contributed by atoms with Crippen LogP contribution in [0.25, 0.3) is 33.1 Å². The molecule has 4 rings (SSSR count). The standard InChI is InChI=1S/C25H23NO6/c1-4-20(24(28)29)26-21(27)11-17-13(2)16-10-18-19(15-8-6-5-7-9-15)12-31-22(18)14(3)23(16)32-25(17)30/h5-10,12,20H,4,11H2,1-3H3,(H,26,27)(H,28,29). The molecule has 1 amide bonds. The van der Waals surface area contributed by atoms with E-state index in [4.69, 9.17) is 13.9 Å². The summed E-state index contributed by atoms with van der Waals surface area (Å²) in [7, 11) is 0. The first-order valence-corrected chi connectivity index (χ1v) is 10.4. The average Bonchev–Trinajstić information content (AvgIpc) is 3.20. The van der Waals surface area contributed by atoms with Gasteiger partial charge in [0.1, 0.15) is 17.2 Å². The highest BCUT2D eigenvalue weighted by molar-refractivity contribution is 6.05. The van der Waals surface area contributed by atoms with Crippen LogP contribution >= 0.6 is 0 Å². The second-order valence-corrected chi connectivity index (χ2v) is 7.81. The minimum atomic E-state index is -1.12. The predicted molar refractivity (Wildman–Crippen MR) is 121 cm³/mol. The maximum atomic E-state index is 12.7. The van der Waals surface area contributed by atoms with Gasteiger partial charge in [-0.1, -0.05) is 37.3 Å². The van der Waals surface area contributed by atoms with Crippen molar-refractivity contribution in [2.24, 2.45) is 0 Å². The summed E-state index contributed by atoms with van der Waals surface area (Å²) in [6.07, 6.45) is 1.67. The Balaban J connectivity index is 1.83. The van der Waals surface area contributed by atoms with Crippen LogP contribution in [0.3, 0.4) is 0 Å². The third kappa shape index (κ3) is 3.66. The number of rotatable bonds is 6. The molecular weight excluding hydrogens is 410 g/mol. The maximum Gasteiger partial charge on any atom is 0.340 e. The highest BCUT2D eigenvalue weighted by atomic mass is 16.4. The number of carboxylic acid groups (broad SMARTS) is 1. The molecule has 0 saturated heterocycles. The van der Waals surface area contributed by atoms with Crippen molar-refractivity contribution in [3.63, 3.8) is 0 Å². The van der Waals surface area contributed by atoms with Gasteiger partial charge in [-0.05, 0) is 37.5 Å². The number of amides is 1. The number of aliphatic carboxylic acids is 1. The van der Waals surface area contributed by atoms with Crippen molar-refractivity contribution >= 4 is 33.8 Å². The van der Waals surface area contributed by atoms with Gasteiger partial charge in [0.25, 0.3) is 0 Å². The summed E-state index contributed by atoms with van der Waals surface area (Å²) in [5.41, 5.74) is 3.88. The van der Waals surface area contributed by atoms with Crippen molar-refractivity contribution in [1.82, 2.24) is 5.32 Å². The molecule has 0 bridgehead atoms. The minimum absolute atomic E-state index is 0.207. The van der Waals surface area contributed by atoms with Crippen molar-refractivity contribution in [1.29, 1.82) is 0 Å². The number of furan rings is 1. The molecule has 0 saturated carbocycles. The second kappa shape index (κ2) is 8.34. The highest BCUT2D eigenvalue weighted by Gasteiger charge is 2.22. The molecular formula is C25H23NO6. The molecule has 164 valence electrons. The van der Waals surface area contributed by atoms with E-state index in [-0.39, 0.29) is 18.4 Å². The fourth-order valence-electron chi connectivity index (χ4n) is 3.99. The molecule has 0 aliphatic heterocycles. The molecule has 0 fully saturated rings. The van der Waals surface area contributed by atoms with Crippen LogP contribution in [0, 0.1) is 13.8 Å². The average molecular weight is 433 g/mol. The lowest BCUT2D eigenvalue weighted by atomic mass is 9.97. The van der Waals surface area contributed by atoms with Crippen LogP contribution in [0.1, 0.15) is 30.0 Å². The lowest BCUT2D eigenvalue weighted by molar-refractivity contribution is -0.141. The molecule has 0 spiro atoms. The fourth-order valence-corrected chi connectivity index (χ4v) is 3.99. The molecule has 4 aromatic rings. The first-order valence-electron chi connectivity index (χ1n) is 10.4. The van der Waals surface area contributed by atoms with Crippen LogP contribution in [-0.4, -0.2) is 23.0 Å². The molecule has 0 radical (unpaired) electrons. The van der Waals surface area contributed by atoms with Crippen molar-refractivity contribution in [2.45, 2.75) is 39.7 Å². The maximum absolute atomic E-state index is 12.7. The summed E-state index contributed by atoms with van der Waals surface area (Å²) in [5.74, 6) is -1.66. The number of nitrogens with one attached hydrogen (secondary N) is 1. The highest BCUT2D eigenvalue weighted by Crippen LogP contribution is 2.37. The van der Waals surface area contributed by atoms with Gasteiger partial charge in [0.15, 0.2) is 0 Å². The molecule has 32 heavy (non-hydrogen) atoms. The zero-order valence-corrected chi connectivity index (χ0v) is 18.0. The van der Waals surface area contributed by atoms with Gasteiger partial charge in [0.2, 0.25) is 5.91 Å². The number of hydrogen-bond acceptors (Lipinski definition) is 5. The van der Waals surface area contributed by atoms with Crippen molar-refractivity contribution in [3.8, 4) is 11.1 Å². The fraction of sp³-hybridized carbons (Fsp3) is 0.240. The number of benzene rings is 2. The van der Waals surface area contributed by atoms with Crippen LogP contribution in [-0.2, 0) is 16.0 Å². The Labute approximate surface area is 183 Å². The van der Waals surface area contributed by atoms with Crippen LogP contribution < -0.4 is 10.9 Å². The van der Waals surface area contributed by atoms with Crippen LogP contribution in [0.2, 0.25) is 0 Å². The number of aryl methyl sites for hydroxylation is 2. The van der Waals surface area contributed by atoms with E-state index in [1.165, 1.54) is 0 Å². The first-order chi connectivity index (χ1) is 15.3. The van der Waals surface area contributed by atoms with Gasteiger partial charge in [-0.2, -0.15) is 0 Å². The smallest absolute Gasteiger partial charge is 0.340 e. The van der Waals surface area contributed by atoms with Gasteiger partial charge in [-0.3, -0.25) is 4.79 Å². The molecule has 2 aromatic heterocycles. The molecule has 2 heterocycles. The summed E-state index contributed by atoms with van der Waals surface area (Å²) in [5, 5.41) is 13.2. The van der Waals surface area contributed by atoms with Crippen LogP contribution in [0.15, 0.2) is 56.3 Å². The van der Waals surface area contributed by atoms with Crippen molar-refractivity contribution in [2.75, 3.05) is 0 Å². The summed E-state index contributed by atoms with van der Waals surface area (Å²) >= 11 is 0. The molecule has 7 nitrogen and oxygen atoms in total. The Morgan fingerprint density at radius 2 is 1.78 bits per heavy atom. The Bertz CT molecular complexity index is 1400. The largest absolute Gasteiger partial charge is 0.480 e. The second-order valence-electron chi connectivity index (χ2n) is 7.81. The number of carbonyl (C=O) groups is 2. The van der Waals surface area contributed by atoms with Gasteiger partial charge in [0.05, 0.1) is 18.2 Å². The first kappa shape index (κ1) is 21.4. The Morgan fingerprint density at radius 1 is 1.06 bits per heavy atom. The number of carboxylic acids is 1. The van der Waals surface area contributed by atoms with Gasteiger partial charge in [-0.25, -0.2) is 9.59 Å². The summed E-state index contributed by atoms with van der Waals surface area (Å²) < 4.78 is 11.4. The van der Waals surface area contributed by atoms with E-state index < -0.39 is 23.5 Å². The zero-order valence-electron chi connectivity index (χ0n) is 18.0. The number of hydrogen-bond donors (Lipinski definition) is 2. The van der Waals surface area contributed by atoms with E-state index in [1.54, 1.807) is 20.1 Å². The van der Waals surface area contributed by atoms with Crippen LogP contribution in [0.4, 0.5) is 0 Å². The molecule has 0 aliphatic carbocycles.